The molecule has 2 unspecified atom stereocenters. The Morgan fingerprint density at radius 1 is 1.56 bits per heavy atom. The molecule has 0 radical (unpaired) electrons. The maximum Gasteiger partial charge on any atom is 0.241 e. The Hall–Kier alpha value is -1.08. The summed E-state index contributed by atoms with van der Waals surface area (Å²) in [6.07, 6.45) is 1.18. The van der Waals surface area contributed by atoms with Crippen molar-refractivity contribution in [2.75, 3.05) is 6.54 Å². The van der Waals surface area contributed by atoms with Crippen LogP contribution in [0.1, 0.15) is 40.5 Å². The highest BCUT2D eigenvalue weighted by molar-refractivity contribution is 5.83. The van der Waals surface area contributed by atoms with Gasteiger partial charge in [-0.2, -0.15) is 5.26 Å². The minimum absolute atomic E-state index is 0.0547. The van der Waals surface area contributed by atoms with Gasteiger partial charge in [-0.15, -0.1) is 0 Å². The monoisotopic (exact) mass is 223 g/mol. The van der Waals surface area contributed by atoms with Crippen LogP contribution in [0.2, 0.25) is 0 Å². The van der Waals surface area contributed by atoms with Crippen molar-refractivity contribution in [2.24, 2.45) is 0 Å². The Morgan fingerprint density at radius 3 is 2.69 bits per heavy atom. The van der Waals surface area contributed by atoms with Gasteiger partial charge in [-0.25, -0.2) is 0 Å². The van der Waals surface area contributed by atoms with Gasteiger partial charge in [-0.1, -0.05) is 0 Å². The molecular formula is C12H21N3O. The molecule has 1 amide bonds. The molecule has 1 saturated heterocycles. The molecule has 1 heterocycles. The van der Waals surface area contributed by atoms with E-state index in [0.717, 1.165) is 13.0 Å². The third-order valence-electron chi connectivity index (χ3n) is 2.95. The SMILES string of the molecule is CC1CCNC(CC#N)C(=O)N1C(C)(C)C. The minimum atomic E-state index is -0.339. The number of nitrogens with zero attached hydrogens (tertiary/aromatic N) is 2. The van der Waals surface area contributed by atoms with E-state index in [9.17, 15) is 4.79 Å². The van der Waals surface area contributed by atoms with Gasteiger partial charge >= 0.3 is 0 Å². The third kappa shape index (κ3) is 2.73. The molecule has 4 heteroatoms. The zero-order chi connectivity index (χ0) is 12.3. The number of hydrogen-bond acceptors (Lipinski definition) is 3. The molecule has 0 aromatic heterocycles. The molecule has 2 atom stereocenters. The smallest absolute Gasteiger partial charge is 0.241 e. The molecule has 1 aliphatic heterocycles. The molecule has 90 valence electrons. The van der Waals surface area contributed by atoms with Crippen molar-refractivity contribution in [2.45, 2.75) is 58.2 Å². The molecule has 1 rings (SSSR count). The van der Waals surface area contributed by atoms with Crippen LogP contribution >= 0.6 is 0 Å². The van der Waals surface area contributed by atoms with Crippen molar-refractivity contribution in [3.05, 3.63) is 0 Å². The molecule has 4 nitrogen and oxygen atoms in total. The van der Waals surface area contributed by atoms with Gasteiger partial charge in [0.25, 0.3) is 0 Å². The molecule has 1 N–H and O–H groups in total. The first-order valence-electron chi connectivity index (χ1n) is 5.81. The summed E-state index contributed by atoms with van der Waals surface area (Å²) in [5.41, 5.74) is -0.184. The quantitative estimate of drug-likeness (QED) is 0.728. The predicted octanol–water partition coefficient (Wildman–Crippen LogP) is 1.28. The van der Waals surface area contributed by atoms with E-state index in [-0.39, 0.29) is 30.0 Å². The standard InChI is InChI=1S/C12H21N3O/c1-9-6-8-14-10(5-7-13)11(16)15(9)12(2,3)4/h9-10,14H,5-6,8H2,1-4H3. The zero-order valence-corrected chi connectivity index (χ0v) is 10.6. The Balaban J connectivity index is 2.93. The van der Waals surface area contributed by atoms with E-state index in [0.29, 0.717) is 0 Å². The molecule has 0 saturated carbocycles. The van der Waals surface area contributed by atoms with Crippen molar-refractivity contribution < 1.29 is 4.79 Å². The average molecular weight is 223 g/mol. The summed E-state index contributed by atoms with van der Waals surface area (Å²) in [6.45, 7) is 8.98. The second-order valence-electron chi connectivity index (χ2n) is 5.39. The number of carbonyl (C=O) groups excluding carboxylic acids is 1. The third-order valence-corrected chi connectivity index (χ3v) is 2.95. The summed E-state index contributed by atoms with van der Waals surface area (Å²) in [4.78, 5) is 14.2. The summed E-state index contributed by atoms with van der Waals surface area (Å²) in [5.74, 6) is 0.0547. The van der Waals surface area contributed by atoms with Gasteiger partial charge in [-0.05, 0) is 40.7 Å². The summed E-state index contributed by atoms with van der Waals surface area (Å²) < 4.78 is 0. The average Bonchev–Trinajstić information content (AvgIpc) is 2.26. The van der Waals surface area contributed by atoms with Crippen molar-refractivity contribution in [3.63, 3.8) is 0 Å². The first-order valence-corrected chi connectivity index (χ1v) is 5.81. The Bertz CT molecular complexity index is 300. The van der Waals surface area contributed by atoms with Gasteiger partial charge in [0.15, 0.2) is 0 Å². The van der Waals surface area contributed by atoms with E-state index in [1.54, 1.807) is 0 Å². The highest BCUT2D eigenvalue weighted by Crippen LogP contribution is 2.22. The highest BCUT2D eigenvalue weighted by Gasteiger charge is 2.36. The second-order valence-corrected chi connectivity index (χ2v) is 5.39. The van der Waals surface area contributed by atoms with Crippen LogP contribution in [0.3, 0.4) is 0 Å². The van der Waals surface area contributed by atoms with Gasteiger partial charge in [0.1, 0.15) is 0 Å². The lowest BCUT2D eigenvalue weighted by Crippen LogP contribution is -2.54. The van der Waals surface area contributed by atoms with Crippen LogP contribution in [0.5, 0.6) is 0 Å². The van der Waals surface area contributed by atoms with Crippen molar-refractivity contribution >= 4 is 5.91 Å². The van der Waals surface area contributed by atoms with Crippen LogP contribution in [0.15, 0.2) is 0 Å². The number of hydrogen-bond donors (Lipinski definition) is 1. The van der Waals surface area contributed by atoms with Crippen molar-refractivity contribution in [1.29, 1.82) is 5.26 Å². The fourth-order valence-corrected chi connectivity index (χ4v) is 2.31. The minimum Gasteiger partial charge on any atom is -0.334 e. The number of nitrogens with one attached hydrogen (secondary N) is 1. The largest absolute Gasteiger partial charge is 0.334 e. The van der Waals surface area contributed by atoms with Gasteiger partial charge in [-0.3, -0.25) is 4.79 Å². The van der Waals surface area contributed by atoms with E-state index < -0.39 is 0 Å². The summed E-state index contributed by atoms with van der Waals surface area (Å²) >= 11 is 0. The van der Waals surface area contributed by atoms with Gasteiger partial charge < -0.3 is 10.2 Å². The first-order chi connectivity index (χ1) is 7.38. The molecule has 0 aliphatic carbocycles. The molecule has 0 bridgehead atoms. The van der Waals surface area contributed by atoms with Crippen LogP contribution in [0.4, 0.5) is 0 Å². The van der Waals surface area contributed by atoms with Crippen LogP contribution in [-0.2, 0) is 4.79 Å². The molecule has 0 aromatic rings. The van der Waals surface area contributed by atoms with Crippen molar-refractivity contribution in [3.8, 4) is 6.07 Å². The molecular weight excluding hydrogens is 202 g/mol. The maximum absolute atomic E-state index is 12.3. The van der Waals surface area contributed by atoms with Crippen LogP contribution in [0, 0.1) is 11.3 Å². The predicted molar refractivity (Wildman–Crippen MR) is 62.7 cm³/mol. The second kappa shape index (κ2) is 4.84. The van der Waals surface area contributed by atoms with E-state index >= 15 is 0 Å². The lowest BCUT2D eigenvalue weighted by Gasteiger charge is -2.40. The van der Waals surface area contributed by atoms with Crippen LogP contribution in [-0.4, -0.2) is 35.0 Å². The Labute approximate surface area is 97.6 Å². The summed E-state index contributed by atoms with van der Waals surface area (Å²) in [5, 5.41) is 11.9. The van der Waals surface area contributed by atoms with E-state index in [2.05, 4.69) is 18.3 Å². The van der Waals surface area contributed by atoms with Crippen molar-refractivity contribution in [1.82, 2.24) is 10.2 Å². The summed E-state index contributed by atoms with van der Waals surface area (Å²) in [6, 6.07) is 1.96. The van der Waals surface area contributed by atoms with Crippen LogP contribution in [0.25, 0.3) is 0 Å². The lowest BCUT2D eigenvalue weighted by molar-refractivity contribution is -0.139. The number of amides is 1. The molecule has 1 aliphatic rings. The molecule has 0 spiro atoms. The van der Waals surface area contributed by atoms with E-state index in [4.69, 9.17) is 5.26 Å². The topological polar surface area (TPSA) is 56.1 Å². The highest BCUT2D eigenvalue weighted by atomic mass is 16.2. The molecule has 1 fully saturated rings. The first kappa shape index (κ1) is 13.0. The fraction of sp³-hybridized carbons (Fsp3) is 0.833. The van der Waals surface area contributed by atoms with Crippen LogP contribution < -0.4 is 5.32 Å². The zero-order valence-electron chi connectivity index (χ0n) is 10.6. The Morgan fingerprint density at radius 2 is 2.19 bits per heavy atom. The lowest BCUT2D eigenvalue weighted by atomic mass is 10.0. The molecule has 0 aromatic carbocycles. The summed E-state index contributed by atoms with van der Waals surface area (Å²) in [7, 11) is 0. The fourth-order valence-electron chi connectivity index (χ4n) is 2.31. The molecule has 16 heavy (non-hydrogen) atoms. The van der Waals surface area contributed by atoms with Gasteiger partial charge in [0.05, 0.1) is 18.5 Å². The van der Waals surface area contributed by atoms with E-state index in [1.165, 1.54) is 0 Å². The van der Waals surface area contributed by atoms with Gasteiger partial charge in [0, 0.05) is 11.6 Å². The van der Waals surface area contributed by atoms with E-state index in [1.807, 2.05) is 25.7 Å². The Kier molecular flexibility index (Phi) is 3.93. The van der Waals surface area contributed by atoms with Gasteiger partial charge in [0.2, 0.25) is 5.91 Å². The maximum atomic E-state index is 12.3. The number of nitriles is 1. The number of rotatable bonds is 1. The number of carbonyl (C=O) groups is 1. The normalized spacial score (nSPS) is 27.4.